The van der Waals surface area contributed by atoms with E-state index in [9.17, 15) is 19.7 Å². The van der Waals surface area contributed by atoms with Gasteiger partial charge < -0.3 is 15.7 Å². The Morgan fingerprint density at radius 3 is 2.58 bits per heavy atom. The minimum absolute atomic E-state index is 0.0243. The van der Waals surface area contributed by atoms with E-state index in [2.05, 4.69) is 10.6 Å². The normalized spacial score (nSPS) is 13.7. The lowest BCUT2D eigenvalue weighted by atomic mass is 10.1. The summed E-state index contributed by atoms with van der Waals surface area (Å²) in [6, 6.07) is 2.87. The maximum absolute atomic E-state index is 11.5. The zero-order chi connectivity index (χ0) is 14.0. The van der Waals surface area contributed by atoms with Gasteiger partial charge in [-0.15, -0.1) is 0 Å². The highest BCUT2D eigenvalue weighted by Gasteiger charge is 2.24. The quantitative estimate of drug-likeness (QED) is 0.563. The van der Waals surface area contributed by atoms with Crippen molar-refractivity contribution in [1.29, 1.82) is 0 Å². The van der Waals surface area contributed by atoms with Crippen molar-refractivity contribution in [3.8, 4) is 0 Å². The van der Waals surface area contributed by atoms with Gasteiger partial charge in [0.15, 0.2) is 0 Å². The Balaban J connectivity index is 2.20. The summed E-state index contributed by atoms with van der Waals surface area (Å²) in [5, 5.41) is 24.6. The number of carbonyl (C=O) groups is 2. The third kappa shape index (κ3) is 3.18. The Kier molecular flexibility index (Phi) is 3.32. The summed E-state index contributed by atoms with van der Waals surface area (Å²) >= 11 is 0. The van der Waals surface area contributed by atoms with Crippen molar-refractivity contribution < 1.29 is 19.6 Å². The lowest BCUT2D eigenvalue weighted by Crippen LogP contribution is -2.31. The number of rotatable bonds is 4. The van der Waals surface area contributed by atoms with Gasteiger partial charge in [-0.1, -0.05) is 0 Å². The molecule has 8 nitrogen and oxygen atoms in total. The lowest BCUT2D eigenvalue weighted by Gasteiger charge is -2.09. The molecule has 1 aliphatic rings. The van der Waals surface area contributed by atoms with Crippen LogP contribution < -0.4 is 10.6 Å². The molecule has 19 heavy (non-hydrogen) atoms. The van der Waals surface area contributed by atoms with Gasteiger partial charge in [0.05, 0.1) is 16.2 Å². The van der Waals surface area contributed by atoms with Gasteiger partial charge >= 0.3 is 12.0 Å². The first kappa shape index (κ1) is 12.8. The molecule has 2 rings (SSSR count). The van der Waals surface area contributed by atoms with E-state index in [-0.39, 0.29) is 23.0 Å². The minimum Gasteiger partial charge on any atom is -0.478 e. The average Bonchev–Trinajstić information content (AvgIpc) is 3.12. The van der Waals surface area contributed by atoms with Crippen LogP contribution in [0.1, 0.15) is 23.2 Å². The number of benzene rings is 1. The van der Waals surface area contributed by atoms with Crippen molar-refractivity contribution in [2.45, 2.75) is 18.9 Å². The molecule has 0 heterocycles. The van der Waals surface area contributed by atoms with Gasteiger partial charge in [0, 0.05) is 18.2 Å². The van der Waals surface area contributed by atoms with E-state index in [1.165, 1.54) is 6.07 Å². The van der Waals surface area contributed by atoms with Crippen molar-refractivity contribution in [3.05, 3.63) is 33.9 Å². The second-order valence-corrected chi connectivity index (χ2v) is 4.16. The number of nitrogens with one attached hydrogen (secondary N) is 2. The van der Waals surface area contributed by atoms with Gasteiger partial charge in [-0.2, -0.15) is 0 Å². The van der Waals surface area contributed by atoms with Crippen LogP contribution >= 0.6 is 0 Å². The summed E-state index contributed by atoms with van der Waals surface area (Å²) < 4.78 is 0. The number of hydrogen-bond acceptors (Lipinski definition) is 4. The number of amides is 2. The van der Waals surface area contributed by atoms with E-state index in [0.717, 1.165) is 25.0 Å². The van der Waals surface area contributed by atoms with Crippen LogP contribution in [0.15, 0.2) is 18.2 Å². The van der Waals surface area contributed by atoms with E-state index >= 15 is 0 Å². The molecular weight excluding hydrogens is 254 g/mol. The Morgan fingerprint density at radius 2 is 2.05 bits per heavy atom. The molecule has 0 atom stereocenters. The molecule has 1 aromatic rings. The summed E-state index contributed by atoms with van der Waals surface area (Å²) in [6.45, 7) is 0. The molecule has 1 saturated carbocycles. The number of hydrogen-bond donors (Lipinski definition) is 3. The highest BCUT2D eigenvalue weighted by atomic mass is 16.6. The highest BCUT2D eigenvalue weighted by Crippen LogP contribution is 2.23. The predicted molar refractivity (Wildman–Crippen MR) is 65.2 cm³/mol. The molecule has 0 aliphatic heterocycles. The van der Waals surface area contributed by atoms with Crippen LogP contribution in [-0.4, -0.2) is 28.1 Å². The van der Waals surface area contributed by atoms with E-state index in [4.69, 9.17) is 5.11 Å². The van der Waals surface area contributed by atoms with Crippen molar-refractivity contribution >= 4 is 23.4 Å². The molecule has 0 radical (unpaired) electrons. The average molecular weight is 265 g/mol. The van der Waals surface area contributed by atoms with Crippen LogP contribution in [0.4, 0.5) is 16.2 Å². The number of carboxylic acids is 1. The summed E-state index contributed by atoms with van der Waals surface area (Å²) in [5.41, 5.74) is -0.637. The third-order valence-electron chi connectivity index (χ3n) is 2.61. The molecule has 2 amide bonds. The maximum atomic E-state index is 11.5. The number of nitrogens with zero attached hydrogens (tertiary/aromatic N) is 1. The maximum Gasteiger partial charge on any atom is 0.338 e. The fourth-order valence-electron chi connectivity index (χ4n) is 1.50. The standard InChI is InChI=1S/C11H11N3O5/c15-10(16)8-5-7(14(18)19)3-4-9(8)13-11(17)12-6-1-2-6/h3-6H,1-2H2,(H,15,16)(H2,12,13,17). The molecule has 0 unspecified atom stereocenters. The van der Waals surface area contributed by atoms with Crippen molar-refractivity contribution in [3.63, 3.8) is 0 Å². The molecule has 0 saturated heterocycles. The van der Waals surface area contributed by atoms with Crippen LogP contribution in [0.5, 0.6) is 0 Å². The zero-order valence-electron chi connectivity index (χ0n) is 9.75. The highest BCUT2D eigenvalue weighted by molar-refractivity contribution is 6.00. The number of non-ortho nitro benzene ring substituents is 1. The van der Waals surface area contributed by atoms with E-state index in [1.807, 2.05) is 0 Å². The second-order valence-electron chi connectivity index (χ2n) is 4.16. The predicted octanol–water partition coefficient (Wildman–Crippen LogP) is 1.58. The monoisotopic (exact) mass is 265 g/mol. The van der Waals surface area contributed by atoms with E-state index in [1.54, 1.807) is 0 Å². The number of aromatic carboxylic acids is 1. The van der Waals surface area contributed by atoms with Crippen LogP contribution in [-0.2, 0) is 0 Å². The van der Waals surface area contributed by atoms with Crippen LogP contribution in [0.3, 0.4) is 0 Å². The van der Waals surface area contributed by atoms with Gasteiger partial charge in [0.2, 0.25) is 0 Å². The number of carbonyl (C=O) groups excluding carboxylic acids is 1. The summed E-state index contributed by atoms with van der Waals surface area (Å²) in [6.07, 6.45) is 1.80. The number of urea groups is 1. The number of nitro groups is 1. The van der Waals surface area contributed by atoms with Crippen LogP contribution in [0, 0.1) is 10.1 Å². The van der Waals surface area contributed by atoms with Gasteiger partial charge in [-0.25, -0.2) is 9.59 Å². The minimum atomic E-state index is -1.34. The first-order valence-corrected chi connectivity index (χ1v) is 5.56. The molecule has 3 N–H and O–H groups in total. The van der Waals surface area contributed by atoms with Gasteiger partial charge in [0.25, 0.3) is 5.69 Å². The van der Waals surface area contributed by atoms with Gasteiger partial charge in [-0.3, -0.25) is 10.1 Å². The number of nitro benzene ring substituents is 1. The fraction of sp³-hybridized carbons (Fsp3) is 0.273. The summed E-state index contributed by atoms with van der Waals surface area (Å²) in [7, 11) is 0. The molecule has 0 aromatic heterocycles. The van der Waals surface area contributed by atoms with Crippen molar-refractivity contribution in [2.75, 3.05) is 5.32 Å². The van der Waals surface area contributed by atoms with Crippen LogP contribution in [0.25, 0.3) is 0 Å². The molecule has 1 aromatic carbocycles. The molecule has 0 spiro atoms. The van der Waals surface area contributed by atoms with Crippen molar-refractivity contribution in [2.24, 2.45) is 0 Å². The number of carboxylic acid groups (broad SMARTS) is 1. The SMILES string of the molecule is O=C(Nc1ccc([N+](=O)[O-])cc1C(=O)O)NC1CC1. The largest absolute Gasteiger partial charge is 0.478 e. The lowest BCUT2D eigenvalue weighted by molar-refractivity contribution is -0.384. The van der Waals surface area contributed by atoms with Crippen molar-refractivity contribution in [1.82, 2.24) is 5.32 Å². The second kappa shape index (κ2) is 4.92. The van der Waals surface area contributed by atoms with Crippen LogP contribution in [0.2, 0.25) is 0 Å². The van der Waals surface area contributed by atoms with E-state index in [0.29, 0.717) is 0 Å². The molecule has 1 fully saturated rings. The molecule has 0 bridgehead atoms. The Labute approximate surface area is 107 Å². The Bertz CT molecular complexity index is 553. The summed E-state index contributed by atoms with van der Waals surface area (Å²) in [5.74, 6) is -1.34. The zero-order valence-corrected chi connectivity index (χ0v) is 9.75. The Morgan fingerprint density at radius 1 is 1.37 bits per heavy atom. The fourth-order valence-corrected chi connectivity index (χ4v) is 1.50. The molecule has 100 valence electrons. The molecule has 8 heteroatoms. The number of anilines is 1. The first-order chi connectivity index (χ1) is 8.97. The molecule has 1 aliphatic carbocycles. The topological polar surface area (TPSA) is 122 Å². The summed E-state index contributed by atoms with van der Waals surface area (Å²) in [4.78, 5) is 32.4. The Hall–Kier alpha value is -2.64. The first-order valence-electron chi connectivity index (χ1n) is 5.56. The van der Waals surface area contributed by atoms with Gasteiger partial charge in [0.1, 0.15) is 0 Å². The van der Waals surface area contributed by atoms with E-state index < -0.39 is 16.9 Å². The van der Waals surface area contributed by atoms with Gasteiger partial charge in [-0.05, 0) is 18.9 Å². The third-order valence-corrected chi connectivity index (χ3v) is 2.61. The smallest absolute Gasteiger partial charge is 0.338 e. The molecular formula is C11H11N3O5.